The number of nitrogens with one attached hydrogen (secondary N) is 1. The molecule has 1 atom stereocenters. The van der Waals surface area contributed by atoms with Gasteiger partial charge in [-0.3, -0.25) is 4.98 Å². The quantitative estimate of drug-likeness (QED) is 0.761. The van der Waals surface area contributed by atoms with E-state index in [2.05, 4.69) is 40.6 Å². The molecule has 3 N–H and O–H groups in total. The van der Waals surface area contributed by atoms with Crippen molar-refractivity contribution >= 4 is 0 Å². The van der Waals surface area contributed by atoms with Gasteiger partial charge in [-0.1, -0.05) is 30.3 Å². The molecule has 1 unspecified atom stereocenters. The van der Waals surface area contributed by atoms with Crippen molar-refractivity contribution in [3.8, 4) is 5.75 Å². The Morgan fingerprint density at radius 3 is 2.73 bits per heavy atom. The largest absolute Gasteiger partial charge is 0.490 e. The maximum absolute atomic E-state index is 6.22. The lowest BCUT2D eigenvalue weighted by molar-refractivity contribution is 0.0497. The molecule has 1 aromatic carbocycles. The van der Waals surface area contributed by atoms with E-state index in [4.69, 9.17) is 15.2 Å². The molecule has 0 bridgehead atoms. The van der Waals surface area contributed by atoms with Crippen LogP contribution in [0, 0.1) is 6.92 Å². The third-order valence-corrected chi connectivity index (χ3v) is 5.02. The van der Waals surface area contributed by atoms with Crippen molar-refractivity contribution in [2.75, 3.05) is 32.9 Å². The summed E-state index contributed by atoms with van der Waals surface area (Å²) < 4.78 is 11.3. The van der Waals surface area contributed by atoms with Crippen LogP contribution in [-0.2, 0) is 10.2 Å². The van der Waals surface area contributed by atoms with Crippen molar-refractivity contribution in [2.24, 2.45) is 5.73 Å². The van der Waals surface area contributed by atoms with Crippen LogP contribution in [0.4, 0.5) is 0 Å². The lowest BCUT2D eigenvalue weighted by Gasteiger charge is -2.38. The van der Waals surface area contributed by atoms with Gasteiger partial charge < -0.3 is 20.5 Å². The lowest BCUT2D eigenvalue weighted by atomic mass is 9.74. The summed E-state index contributed by atoms with van der Waals surface area (Å²) in [5, 5.41) is 3.57. The van der Waals surface area contributed by atoms with Gasteiger partial charge in [0.15, 0.2) is 0 Å². The van der Waals surface area contributed by atoms with E-state index >= 15 is 0 Å². The number of ether oxygens (including phenoxy) is 2. The molecule has 2 heterocycles. The number of hydrogen-bond acceptors (Lipinski definition) is 5. The minimum atomic E-state index is -0.0665. The summed E-state index contributed by atoms with van der Waals surface area (Å²) in [6, 6.07) is 12.6. The molecule has 0 saturated carbocycles. The van der Waals surface area contributed by atoms with E-state index in [1.807, 2.05) is 19.2 Å². The summed E-state index contributed by atoms with van der Waals surface area (Å²) in [5.41, 5.74) is 8.81. The third kappa shape index (κ3) is 5.04. The monoisotopic (exact) mass is 355 g/mol. The number of pyridine rings is 1. The Bertz CT molecular complexity index is 672. The predicted octanol–water partition coefficient (Wildman–Crippen LogP) is 2.43. The van der Waals surface area contributed by atoms with E-state index in [1.54, 1.807) is 6.20 Å². The van der Waals surface area contributed by atoms with Crippen LogP contribution in [0.25, 0.3) is 0 Å². The minimum Gasteiger partial charge on any atom is -0.490 e. The summed E-state index contributed by atoms with van der Waals surface area (Å²) >= 11 is 0. The highest BCUT2D eigenvalue weighted by molar-refractivity contribution is 5.26. The highest BCUT2D eigenvalue weighted by Crippen LogP contribution is 2.34. The standard InChI is InChI=1S/C21H29N3O2/c1-17-11-20(14-23-12-17)26-15-19(22)13-24-16-21(7-9-25-10-8-21)18-5-3-2-4-6-18/h2-6,11-12,14,19,24H,7-10,13,15-16,22H2,1H3. The van der Waals surface area contributed by atoms with Crippen LogP contribution in [-0.4, -0.2) is 43.9 Å². The first kappa shape index (κ1) is 18.8. The van der Waals surface area contributed by atoms with Crippen LogP contribution in [0.5, 0.6) is 5.75 Å². The maximum Gasteiger partial charge on any atom is 0.137 e. The average molecular weight is 355 g/mol. The Morgan fingerprint density at radius 1 is 1.23 bits per heavy atom. The zero-order valence-corrected chi connectivity index (χ0v) is 15.5. The summed E-state index contributed by atoms with van der Waals surface area (Å²) in [5.74, 6) is 0.769. The molecule has 0 amide bonds. The highest BCUT2D eigenvalue weighted by atomic mass is 16.5. The maximum atomic E-state index is 6.22. The van der Waals surface area contributed by atoms with Crippen molar-refractivity contribution in [1.29, 1.82) is 0 Å². The first-order valence-corrected chi connectivity index (χ1v) is 9.32. The molecule has 0 aliphatic carbocycles. The van der Waals surface area contributed by atoms with Crippen molar-refractivity contribution in [3.05, 3.63) is 59.9 Å². The molecule has 0 spiro atoms. The third-order valence-electron chi connectivity index (χ3n) is 5.02. The van der Waals surface area contributed by atoms with E-state index in [0.29, 0.717) is 13.2 Å². The summed E-state index contributed by atoms with van der Waals surface area (Å²) in [6.45, 7) is 5.71. The summed E-state index contributed by atoms with van der Waals surface area (Å²) in [6.07, 6.45) is 5.60. The van der Waals surface area contributed by atoms with Crippen LogP contribution >= 0.6 is 0 Å². The van der Waals surface area contributed by atoms with Crippen molar-refractivity contribution < 1.29 is 9.47 Å². The number of rotatable bonds is 8. The second kappa shape index (κ2) is 9.12. The predicted molar refractivity (Wildman–Crippen MR) is 103 cm³/mol. The zero-order chi connectivity index (χ0) is 18.2. The van der Waals surface area contributed by atoms with Gasteiger partial charge in [0.25, 0.3) is 0 Å². The molecule has 1 aliphatic heterocycles. The van der Waals surface area contributed by atoms with E-state index in [9.17, 15) is 0 Å². The SMILES string of the molecule is Cc1cncc(OCC(N)CNCC2(c3ccccc3)CCOCC2)c1. The van der Waals surface area contributed by atoms with Gasteiger partial charge in [-0.2, -0.15) is 0 Å². The molecule has 1 fully saturated rings. The van der Waals surface area contributed by atoms with Crippen LogP contribution in [0.15, 0.2) is 48.8 Å². The Kier molecular flexibility index (Phi) is 6.61. The van der Waals surface area contributed by atoms with Gasteiger partial charge in [-0.05, 0) is 37.0 Å². The van der Waals surface area contributed by atoms with Crippen LogP contribution < -0.4 is 15.8 Å². The fraction of sp³-hybridized carbons (Fsp3) is 0.476. The number of hydrogen-bond donors (Lipinski definition) is 2. The van der Waals surface area contributed by atoms with Crippen molar-refractivity contribution in [1.82, 2.24) is 10.3 Å². The van der Waals surface area contributed by atoms with Gasteiger partial charge in [0.05, 0.1) is 12.2 Å². The van der Waals surface area contributed by atoms with E-state index in [1.165, 1.54) is 5.56 Å². The first-order valence-electron chi connectivity index (χ1n) is 9.32. The molecule has 0 radical (unpaired) electrons. The van der Waals surface area contributed by atoms with E-state index in [-0.39, 0.29) is 11.5 Å². The second-order valence-electron chi connectivity index (χ2n) is 7.16. The zero-order valence-electron chi connectivity index (χ0n) is 15.5. The molecule has 5 nitrogen and oxygen atoms in total. The molecule has 26 heavy (non-hydrogen) atoms. The van der Waals surface area contributed by atoms with E-state index in [0.717, 1.165) is 43.9 Å². The molecule has 1 aliphatic rings. The number of aryl methyl sites for hydroxylation is 1. The number of benzene rings is 1. The van der Waals surface area contributed by atoms with Gasteiger partial charge in [0.2, 0.25) is 0 Å². The van der Waals surface area contributed by atoms with Crippen molar-refractivity contribution in [2.45, 2.75) is 31.2 Å². The Balaban J connectivity index is 1.50. The van der Waals surface area contributed by atoms with Gasteiger partial charge in [0, 0.05) is 37.9 Å². The topological polar surface area (TPSA) is 69.4 Å². The number of nitrogens with two attached hydrogens (primary N) is 1. The molecule has 1 saturated heterocycles. The fourth-order valence-corrected chi connectivity index (χ4v) is 3.49. The highest BCUT2D eigenvalue weighted by Gasteiger charge is 2.34. The summed E-state index contributed by atoms with van der Waals surface area (Å²) in [7, 11) is 0. The Hall–Kier alpha value is -1.95. The van der Waals surface area contributed by atoms with Crippen LogP contribution in [0.1, 0.15) is 24.0 Å². The van der Waals surface area contributed by atoms with Crippen molar-refractivity contribution in [3.63, 3.8) is 0 Å². The van der Waals surface area contributed by atoms with Gasteiger partial charge in [-0.25, -0.2) is 0 Å². The molecule has 5 heteroatoms. The van der Waals surface area contributed by atoms with E-state index < -0.39 is 0 Å². The number of nitrogens with zero attached hydrogens (tertiary/aromatic N) is 1. The smallest absolute Gasteiger partial charge is 0.137 e. The second-order valence-corrected chi connectivity index (χ2v) is 7.16. The average Bonchev–Trinajstić information content (AvgIpc) is 2.68. The van der Waals surface area contributed by atoms with Gasteiger partial charge in [-0.15, -0.1) is 0 Å². The molecule has 2 aromatic rings. The van der Waals surface area contributed by atoms with Gasteiger partial charge >= 0.3 is 0 Å². The molecule has 1 aromatic heterocycles. The Labute approximate surface area is 155 Å². The molecule has 140 valence electrons. The molecular weight excluding hydrogens is 326 g/mol. The first-order chi connectivity index (χ1) is 12.7. The lowest BCUT2D eigenvalue weighted by Crippen LogP contribution is -2.47. The number of aromatic nitrogens is 1. The molecular formula is C21H29N3O2. The Morgan fingerprint density at radius 2 is 2.00 bits per heavy atom. The summed E-state index contributed by atoms with van der Waals surface area (Å²) in [4.78, 5) is 4.13. The van der Waals surface area contributed by atoms with Crippen LogP contribution in [0.2, 0.25) is 0 Å². The minimum absolute atomic E-state index is 0.0665. The fourth-order valence-electron chi connectivity index (χ4n) is 3.49. The van der Waals surface area contributed by atoms with Gasteiger partial charge in [0.1, 0.15) is 12.4 Å². The van der Waals surface area contributed by atoms with Crippen LogP contribution in [0.3, 0.4) is 0 Å². The normalized spacial score (nSPS) is 17.6. The molecule has 3 rings (SSSR count).